The highest BCUT2D eigenvalue weighted by molar-refractivity contribution is 14.0. The Labute approximate surface area is 174 Å². The summed E-state index contributed by atoms with van der Waals surface area (Å²) < 4.78 is 26.9. The second-order valence-electron chi connectivity index (χ2n) is 6.31. The molecule has 0 spiro atoms. The summed E-state index contributed by atoms with van der Waals surface area (Å²) in [5.41, 5.74) is 0. The van der Waals surface area contributed by atoms with Crippen molar-refractivity contribution in [2.24, 2.45) is 10.9 Å². The van der Waals surface area contributed by atoms with E-state index in [1.807, 2.05) is 6.07 Å². The molecule has 1 heterocycles. The molecule has 1 aromatic rings. The minimum atomic E-state index is -3.36. The highest BCUT2D eigenvalue weighted by atomic mass is 127. The van der Waals surface area contributed by atoms with Crippen LogP contribution in [0, 0.1) is 5.92 Å². The molecule has 0 atom stereocenters. The van der Waals surface area contributed by atoms with E-state index in [0.717, 1.165) is 44.9 Å². The van der Waals surface area contributed by atoms with Gasteiger partial charge in [0.05, 0.1) is 4.90 Å². The van der Waals surface area contributed by atoms with Crippen LogP contribution in [0.1, 0.15) is 33.1 Å². The third kappa shape index (κ3) is 6.70. The lowest BCUT2D eigenvalue weighted by atomic mass is 9.98. The van der Waals surface area contributed by atoms with Crippen molar-refractivity contribution < 1.29 is 8.42 Å². The number of aliphatic imine (C=N–C) groups is 1. The lowest BCUT2D eigenvalue weighted by Gasteiger charge is -2.30. The number of nitrogens with one attached hydrogen (secondary N) is 2. The van der Waals surface area contributed by atoms with Crippen molar-refractivity contribution in [2.75, 3.05) is 32.7 Å². The number of hydrogen-bond donors (Lipinski definition) is 2. The van der Waals surface area contributed by atoms with Crippen LogP contribution in [0.25, 0.3) is 0 Å². The minimum Gasteiger partial charge on any atom is -0.357 e. The molecule has 2 N–H and O–H groups in total. The van der Waals surface area contributed by atoms with Crippen LogP contribution in [-0.2, 0) is 10.0 Å². The first-order valence-electron chi connectivity index (χ1n) is 9.15. The summed E-state index contributed by atoms with van der Waals surface area (Å²) in [6.45, 7) is 7.78. The topological polar surface area (TPSA) is 73.8 Å². The van der Waals surface area contributed by atoms with Crippen LogP contribution >= 0.6 is 24.0 Å². The molecule has 0 amide bonds. The van der Waals surface area contributed by atoms with Gasteiger partial charge in [-0.3, -0.25) is 4.99 Å². The van der Waals surface area contributed by atoms with Crippen molar-refractivity contribution >= 4 is 40.0 Å². The van der Waals surface area contributed by atoms with Gasteiger partial charge in [0.25, 0.3) is 0 Å². The van der Waals surface area contributed by atoms with Gasteiger partial charge in [0.15, 0.2) is 5.96 Å². The molecule has 1 aliphatic heterocycles. The Morgan fingerprint density at radius 3 is 2.38 bits per heavy atom. The molecule has 0 aliphatic carbocycles. The van der Waals surface area contributed by atoms with Gasteiger partial charge in [0.1, 0.15) is 0 Å². The van der Waals surface area contributed by atoms with Crippen LogP contribution < -0.4 is 10.6 Å². The van der Waals surface area contributed by atoms with E-state index in [1.165, 1.54) is 0 Å². The second-order valence-corrected chi connectivity index (χ2v) is 8.24. The van der Waals surface area contributed by atoms with Gasteiger partial charge in [-0.25, -0.2) is 8.42 Å². The zero-order valence-electron chi connectivity index (χ0n) is 15.6. The van der Waals surface area contributed by atoms with Gasteiger partial charge in [0, 0.05) is 32.7 Å². The number of guanidine groups is 1. The fourth-order valence-corrected chi connectivity index (χ4v) is 4.37. The summed E-state index contributed by atoms with van der Waals surface area (Å²) in [6.07, 6.45) is 2.76. The Bertz CT molecular complexity index is 644. The predicted octanol–water partition coefficient (Wildman–Crippen LogP) is 2.67. The lowest BCUT2D eigenvalue weighted by Crippen LogP contribution is -2.40. The zero-order valence-corrected chi connectivity index (χ0v) is 18.8. The Morgan fingerprint density at radius 1 is 1.15 bits per heavy atom. The quantitative estimate of drug-likeness (QED) is 0.348. The van der Waals surface area contributed by atoms with E-state index in [4.69, 9.17) is 0 Å². The van der Waals surface area contributed by atoms with E-state index in [0.29, 0.717) is 23.9 Å². The van der Waals surface area contributed by atoms with Gasteiger partial charge < -0.3 is 10.6 Å². The molecule has 6 nitrogen and oxygen atoms in total. The zero-order chi connectivity index (χ0) is 18.1. The third-order valence-electron chi connectivity index (χ3n) is 4.35. The Kier molecular flexibility index (Phi) is 10.5. The maximum atomic E-state index is 12.6. The summed E-state index contributed by atoms with van der Waals surface area (Å²) in [4.78, 5) is 5.03. The predicted molar refractivity (Wildman–Crippen MR) is 118 cm³/mol. The van der Waals surface area contributed by atoms with E-state index in [9.17, 15) is 8.42 Å². The summed E-state index contributed by atoms with van der Waals surface area (Å²) in [5.74, 6) is 1.28. The van der Waals surface area contributed by atoms with E-state index >= 15 is 0 Å². The van der Waals surface area contributed by atoms with Gasteiger partial charge >= 0.3 is 0 Å². The first-order valence-corrected chi connectivity index (χ1v) is 10.6. The lowest BCUT2D eigenvalue weighted by molar-refractivity contribution is 0.278. The molecule has 148 valence electrons. The number of sulfonamides is 1. The number of rotatable bonds is 7. The summed E-state index contributed by atoms with van der Waals surface area (Å²) in [7, 11) is -3.36. The van der Waals surface area contributed by atoms with Crippen LogP contribution in [-0.4, -0.2) is 51.4 Å². The molecule has 0 bridgehead atoms. The number of hydrogen-bond acceptors (Lipinski definition) is 3. The Hall–Kier alpha value is -0.870. The molecular weight excluding hydrogens is 463 g/mol. The molecular formula is C18H31IN4O2S. The first kappa shape index (κ1) is 23.2. The highest BCUT2D eigenvalue weighted by Crippen LogP contribution is 2.23. The van der Waals surface area contributed by atoms with Crippen molar-refractivity contribution in [1.29, 1.82) is 0 Å². The molecule has 2 rings (SSSR count). The van der Waals surface area contributed by atoms with Gasteiger partial charge in [-0.1, -0.05) is 25.1 Å². The molecule has 0 unspecified atom stereocenters. The van der Waals surface area contributed by atoms with Crippen molar-refractivity contribution in [3.05, 3.63) is 30.3 Å². The molecule has 0 aromatic heterocycles. The summed E-state index contributed by atoms with van der Waals surface area (Å²) in [5, 5.41) is 6.54. The molecule has 0 radical (unpaired) electrons. The van der Waals surface area contributed by atoms with Crippen LogP contribution in [0.15, 0.2) is 40.2 Å². The minimum absolute atomic E-state index is 0. The maximum absolute atomic E-state index is 12.6. The average Bonchev–Trinajstić information content (AvgIpc) is 2.65. The van der Waals surface area contributed by atoms with Crippen LogP contribution in [0.2, 0.25) is 0 Å². The average molecular weight is 494 g/mol. The van der Waals surface area contributed by atoms with Crippen molar-refractivity contribution in [3.8, 4) is 0 Å². The molecule has 1 fully saturated rings. The van der Waals surface area contributed by atoms with E-state index < -0.39 is 10.0 Å². The van der Waals surface area contributed by atoms with Crippen LogP contribution in [0.3, 0.4) is 0 Å². The fourth-order valence-electron chi connectivity index (χ4n) is 2.88. The van der Waals surface area contributed by atoms with Gasteiger partial charge in [-0.2, -0.15) is 4.31 Å². The summed E-state index contributed by atoms with van der Waals surface area (Å²) in [6, 6.07) is 8.68. The van der Waals surface area contributed by atoms with Crippen molar-refractivity contribution in [2.45, 2.75) is 38.0 Å². The van der Waals surface area contributed by atoms with Gasteiger partial charge in [-0.15, -0.1) is 24.0 Å². The van der Waals surface area contributed by atoms with Crippen LogP contribution in [0.5, 0.6) is 0 Å². The second kappa shape index (κ2) is 11.8. The van der Waals surface area contributed by atoms with Crippen LogP contribution in [0.4, 0.5) is 0 Å². The smallest absolute Gasteiger partial charge is 0.243 e. The Balaban J connectivity index is 0.00000338. The van der Waals surface area contributed by atoms with Crippen molar-refractivity contribution in [3.63, 3.8) is 0 Å². The third-order valence-corrected chi connectivity index (χ3v) is 6.26. The van der Waals surface area contributed by atoms with E-state index in [-0.39, 0.29) is 24.0 Å². The molecule has 8 heteroatoms. The first-order chi connectivity index (χ1) is 12.1. The van der Waals surface area contributed by atoms with E-state index in [1.54, 1.807) is 28.6 Å². The number of benzene rings is 1. The molecule has 0 saturated carbocycles. The standard InChI is InChI=1S/C18H30N4O2S.HI/c1-3-12-20-18(19-4-2)21-15-16-10-13-22(14-11-16)25(23,24)17-8-6-5-7-9-17;/h5-9,16H,3-4,10-15H2,1-2H3,(H2,19,20,21);1H. The number of piperidine rings is 1. The normalized spacial score (nSPS) is 16.8. The molecule has 1 aliphatic rings. The Morgan fingerprint density at radius 2 is 1.81 bits per heavy atom. The van der Waals surface area contributed by atoms with Gasteiger partial charge in [0.2, 0.25) is 10.0 Å². The molecule has 1 saturated heterocycles. The molecule has 26 heavy (non-hydrogen) atoms. The largest absolute Gasteiger partial charge is 0.357 e. The fraction of sp³-hybridized carbons (Fsp3) is 0.611. The number of nitrogens with zero attached hydrogens (tertiary/aromatic N) is 2. The monoisotopic (exact) mass is 494 g/mol. The highest BCUT2D eigenvalue weighted by Gasteiger charge is 2.29. The maximum Gasteiger partial charge on any atom is 0.243 e. The number of halogens is 1. The van der Waals surface area contributed by atoms with Gasteiger partial charge in [-0.05, 0) is 44.2 Å². The SMILES string of the molecule is CCCNC(=NCC1CCN(S(=O)(=O)c2ccccc2)CC1)NCC.I. The molecule has 1 aromatic carbocycles. The van der Waals surface area contributed by atoms with Crippen molar-refractivity contribution in [1.82, 2.24) is 14.9 Å². The van der Waals surface area contributed by atoms with E-state index in [2.05, 4.69) is 29.5 Å². The summed E-state index contributed by atoms with van der Waals surface area (Å²) >= 11 is 0.